The molecule has 0 amide bonds. The first-order valence-corrected chi connectivity index (χ1v) is 13.5. The average molecular weight is 510 g/mol. The number of fused-ring (bicyclic) bond motifs is 9. The van der Waals surface area contributed by atoms with Gasteiger partial charge in [-0.2, -0.15) is 5.26 Å². The summed E-state index contributed by atoms with van der Waals surface area (Å²) in [6, 6.07) is 51.1. The van der Waals surface area contributed by atoms with Crippen LogP contribution in [0.2, 0.25) is 0 Å². The lowest BCUT2D eigenvalue weighted by molar-refractivity contribution is 0.436. The van der Waals surface area contributed by atoms with E-state index in [4.69, 9.17) is 4.74 Å². The summed E-state index contributed by atoms with van der Waals surface area (Å²) in [4.78, 5) is 0. The van der Waals surface area contributed by atoms with Crippen molar-refractivity contribution in [3.05, 3.63) is 167 Å². The molecule has 8 rings (SSSR count). The maximum atomic E-state index is 9.69. The van der Waals surface area contributed by atoms with Crippen LogP contribution >= 0.6 is 0 Å². The van der Waals surface area contributed by atoms with Gasteiger partial charge in [-0.3, -0.25) is 0 Å². The monoisotopic (exact) mass is 509 g/mol. The summed E-state index contributed by atoms with van der Waals surface area (Å²) in [7, 11) is 0. The summed E-state index contributed by atoms with van der Waals surface area (Å²) in [5, 5.41) is 9.69. The lowest BCUT2D eigenvalue weighted by atomic mass is 9.66. The van der Waals surface area contributed by atoms with Gasteiger partial charge in [-0.1, -0.05) is 109 Å². The van der Waals surface area contributed by atoms with E-state index in [1.54, 1.807) is 0 Å². The number of benzene rings is 6. The van der Waals surface area contributed by atoms with Crippen molar-refractivity contribution in [1.29, 1.82) is 5.26 Å². The third-order valence-corrected chi connectivity index (χ3v) is 8.40. The van der Waals surface area contributed by atoms with Crippen molar-refractivity contribution in [1.82, 2.24) is 0 Å². The van der Waals surface area contributed by atoms with Crippen LogP contribution in [-0.4, -0.2) is 0 Å². The van der Waals surface area contributed by atoms with Gasteiger partial charge in [0.1, 0.15) is 11.5 Å². The molecular formula is C38H23NO. The van der Waals surface area contributed by atoms with E-state index in [1.807, 2.05) is 30.3 Å². The SMILES string of the molecule is N#Cc1ccccc1-c1cccc(-c2ccc3c(c2)C2(c4ccccc4O3)c3ccccc3-c3ccccc32)c1. The minimum Gasteiger partial charge on any atom is -0.457 e. The topological polar surface area (TPSA) is 33.0 Å². The Morgan fingerprint density at radius 3 is 1.77 bits per heavy atom. The van der Waals surface area contributed by atoms with E-state index in [1.165, 1.54) is 22.3 Å². The third kappa shape index (κ3) is 3.04. The molecule has 6 aromatic carbocycles. The fourth-order valence-electron chi connectivity index (χ4n) is 6.73. The van der Waals surface area contributed by atoms with E-state index < -0.39 is 5.41 Å². The van der Waals surface area contributed by atoms with Gasteiger partial charge in [0.15, 0.2) is 0 Å². The molecule has 0 saturated carbocycles. The van der Waals surface area contributed by atoms with E-state index >= 15 is 0 Å². The zero-order valence-electron chi connectivity index (χ0n) is 21.6. The second kappa shape index (κ2) is 8.56. The predicted octanol–water partition coefficient (Wildman–Crippen LogP) is 9.36. The average Bonchev–Trinajstić information content (AvgIpc) is 3.32. The fourth-order valence-corrected chi connectivity index (χ4v) is 6.73. The Balaban J connectivity index is 1.39. The Labute approximate surface area is 233 Å². The molecule has 0 N–H and O–H groups in total. The van der Waals surface area contributed by atoms with Crippen LogP contribution in [0.3, 0.4) is 0 Å². The Hall–Kier alpha value is -5.39. The minimum absolute atomic E-state index is 0.488. The molecular weight excluding hydrogens is 486 g/mol. The number of para-hydroxylation sites is 1. The molecule has 40 heavy (non-hydrogen) atoms. The maximum absolute atomic E-state index is 9.69. The molecule has 0 fully saturated rings. The first-order chi connectivity index (χ1) is 19.8. The Bertz CT molecular complexity index is 1970. The maximum Gasteiger partial charge on any atom is 0.132 e. The zero-order chi connectivity index (χ0) is 26.7. The summed E-state index contributed by atoms with van der Waals surface area (Å²) >= 11 is 0. The second-order valence-electron chi connectivity index (χ2n) is 10.4. The molecule has 1 aliphatic heterocycles. The van der Waals surface area contributed by atoms with Gasteiger partial charge in [-0.05, 0) is 74.8 Å². The van der Waals surface area contributed by atoms with Gasteiger partial charge in [0.25, 0.3) is 0 Å². The van der Waals surface area contributed by atoms with Crippen molar-refractivity contribution in [2.75, 3.05) is 0 Å². The highest BCUT2D eigenvalue weighted by molar-refractivity contribution is 5.89. The molecule has 1 aliphatic carbocycles. The normalized spacial score (nSPS) is 13.4. The molecule has 2 aliphatic rings. The Kier molecular flexibility index (Phi) is 4.83. The van der Waals surface area contributed by atoms with E-state index in [2.05, 4.69) is 115 Å². The van der Waals surface area contributed by atoms with E-state index in [-0.39, 0.29) is 0 Å². The number of rotatable bonds is 2. The number of ether oxygens (including phenoxy) is 1. The van der Waals surface area contributed by atoms with Gasteiger partial charge >= 0.3 is 0 Å². The van der Waals surface area contributed by atoms with Crippen LogP contribution in [0.4, 0.5) is 0 Å². The molecule has 0 radical (unpaired) electrons. The zero-order valence-corrected chi connectivity index (χ0v) is 21.6. The molecule has 6 aromatic rings. The smallest absolute Gasteiger partial charge is 0.132 e. The van der Waals surface area contributed by atoms with Crippen molar-refractivity contribution in [3.63, 3.8) is 0 Å². The molecule has 0 saturated heterocycles. The molecule has 186 valence electrons. The van der Waals surface area contributed by atoms with Crippen molar-refractivity contribution in [2.24, 2.45) is 0 Å². The van der Waals surface area contributed by atoms with Gasteiger partial charge in [-0.25, -0.2) is 0 Å². The summed E-state index contributed by atoms with van der Waals surface area (Å²) in [6.45, 7) is 0. The first-order valence-electron chi connectivity index (χ1n) is 13.5. The lowest BCUT2D eigenvalue weighted by Crippen LogP contribution is -2.32. The fraction of sp³-hybridized carbons (Fsp3) is 0.0263. The molecule has 0 aromatic heterocycles. The molecule has 0 bridgehead atoms. The van der Waals surface area contributed by atoms with Gasteiger partial charge in [0.05, 0.1) is 17.0 Å². The molecule has 0 atom stereocenters. The van der Waals surface area contributed by atoms with Crippen LogP contribution in [0, 0.1) is 11.3 Å². The highest BCUT2D eigenvalue weighted by atomic mass is 16.5. The number of nitrogens with zero attached hydrogens (tertiary/aromatic N) is 1. The van der Waals surface area contributed by atoms with Gasteiger partial charge in [0, 0.05) is 11.1 Å². The number of nitriles is 1. The number of hydrogen-bond donors (Lipinski definition) is 0. The molecule has 1 heterocycles. The summed E-state index contributed by atoms with van der Waals surface area (Å²) in [5.41, 5.74) is 11.8. The molecule has 1 spiro atoms. The first kappa shape index (κ1) is 22.6. The Morgan fingerprint density at radius 1 is 0.450 bits per heavy atom. The summed E-state index contributed by atoms with van der Waals surface area (Å²) in [5.74, 6) is 1.77. The van der Waals surface area contributed by atoms with Crippen molar-refractivity contribution >= 4 is 0 Å². The van der Waals surface area contributed by atoms with E-state index in [9.17, 15) is 5.26 Å². The summed E-state index contributed by atoms with van der Waals surface area (Å²) in [6.07, 6.45) is 0. The van der Waals surface area contributed by atoms with E-state index in [0.717, 1.165) is 44.9 Å². The highest BCUT2D eigenvalue weighted by Crippen LogP contribution is 2.62. The molecule has 0 unspecified atom stereocenters. The quantitative estimate of drug-likeness (QED) is 0.233. The molecule has 2 heteroatoms. The van der Waals surface area contributed by atoms with Crippen LogP contribution < -0.4 is 4.74 Å². The van der Waals surface area contributed by atoms with Crippen LogP contribution in [0.1, 0.15) is 27.8 Å². The van der Waals surface area contributed by atoms with Gasteiger partial charge < -0.3 is 4.74 Å². The van der Waals surface area contributed by atoms with Gasteiger partial charge in [-0.15, -0.1) is 0 Å². The lowest BCUT2D eigenvalue weighted by Gasteiger charge is -2.39. The Morgan fingerprint density at radius 2 is 1.02 bits per heavy atom. The van der Waals surface area contributed by atoms with Crippen LogP contribution in [-0.2, 0) is 5.41 Å². The van der Waals surface area contributed by atoms with Crippen LogP contribution in [0.5, 0.6) is 11.5 Å². The van der Waals surface area contributed by atoms with Crippen LogP contribution in [0.25, 0.3) is 33.4 Å². The summed E-state index contributed by atoms with van der Waals surface area (Å²) < 4.78 is 6.57. The second-order valence-corrected chi connectivity index (χ2v) is 10.4. The standard InChI is InChI=1S/C38H23NO/c39-24-28-10-1-2-13-29(28)27-12-9-11-25(22-27)26-20-21-37-35(23-26)38(34-18-7-8-19-36(34)40-37)32-16-5-3-14-30(32)31-15-4-6-17-33(31)38/h1-23H. The van der Waals surface area contributed by atoms with Gasteiger partial charge in [0.2, 0.25) is 0 Å². The van der Waals surface area contributed by atoms with Crippen molar-refractivity contribution in [2.45, 2.75) is 5.41 Å². The van der Waals surface area contributed by atoms with E-state index in [0.29, 0.717) is 5.56 Å². The van der Waals surface area contributed by atoms with Crippen molar-refractivity contribution in [3.8, 4) is 50.9 Å². The van der Waals surface area contributed by atoms with Crippen LogP contribution in [0.15, 0.2) is 140 Å². The van der Waals surface area contributed by atoms with Crippen molar-refractivity contribution < 1.29 is 4.74 Å². The largest absolute Gasteiger partial charge is 0.457 e. The minimum atomic E-state index is -0.488. The highest BCUT2D eigenvalue weighted by Gasteiger charge is 2.50. The number of hydrogen-bond acceptors (Lipinski definition) is 2. The predicted molar refractivity (Wildman–Crippen MR) is 159 cm³/mol. The molecule has 2 nitrogen and oxygen atoms in total. The third-order valence-electron chi connectivity index (χ3n) is 8.40.